The number of aliphatic imine (C=N–C) groups is 1. The van der Waals surface area contributed by atoms with E-state index in [-0.39, 0.29) is 0 Å². The molecular weight excluding hydrogens is 312 g/mol. The van der Waals surface area contributed by atoms with Crippen LogP contribution in [0.5, 0.6) is 0 Å². The van der Waals surface area contributed by atoms with E-state index in [1.165, 1.54) is 6.26 Å². The van der Waals surface area contributed by atoms with Gasteiger partial charge in [-0.1, -0.05) is 12.1 Å². The molecule has 3 rings (SSSR count). The number of rotatable bonds is 3. The molecule has 7 heteroatoms. The van der Waals surface area contributed by atoms with Gasteiger partial charge in [0.05, 0.1) is 22.5 Å². The molecule has 120 valence electrons. The molecule has 1 aliphatic rings. The minimum absolute atomic E-state index is 0.306. The Morgan fingerprint density at radius 2 is 2.04 bits per heavy atom. The van der Waals surface area contributed by atoms with Gasteiger partial charge >= 0.3 is 0 Å². The zero-order valence-corrected chi connectivity index (χ0v) is 14.1. The summed E-state index contributed by atoms with van der Waals surface area (Å²) in [4.78, 5) is 6.93. The number of benzene rings is 1. The number of hydrogen-bond donors (Lipinski definition) is 0. The van der Waals surface area contributed by atoms with Crippen molar-refractivity contribution < 1.29 is 8.42 Å². The van der Waals surface area contributed by atoms with Crippen molar-refractivity contribution in [3.8, 4) is 0 Å². The number of allylic oxidation sites excluding steroid dienone is 1. The molecule has 2 aromatic rings. The van der Waals surface area contributed by atoms with E-state index in [0.717, 1.165) is 22.5 Å². The maximum atomic E-state index is 11.7. The molecule has 1 aliphatic heterocycles. The second kappa shape index (κ2) is 5.66. The van der Waals surface area contributed by atoms with E-state index in [1.807, 2.05) is 37.3 Å². The summed E-state index contributed by atoms with van der Waals surface area (Å²) >= 11 is 0. The summed E-state index contributed by atoms with van der Waals surface area (Å²) in [5, 5.41) is 4.16. The summed E-state index contributed by atoms with van der Waals surface area (Å²) in [6.07, 6.45) is 6.93. The fourth-order valence-electron chi connectivity index (χ4n) is 2.51. The van der Waals surface area contributed by atoms with Gasteiger partial charge in [-0.2, -0.15) is 5.10 Å². The van der Waals surface area contributed by atoms with Crippen molar-refractivity contribution in [3.63, 3.8) is 0 Å². The molecule has 1 aromatic carbocycles. The van der Waals surface area contributed by atoms with Crippen molar-refractivity contribution >= 4 is 21.2 Å². The van der Waals surface area contributed by atoms with Crippen LogP contribution in [0, 0.1) is 0 Å². The molecule has 23 heavy (non-hydrogen) atoms. The topological polar surface area (TPSA) is 67.6 Å². The molecule has 0 amide bonds. The van der Waals surface area contributed by atoms with Gasteiger partial charge in [0.25, 0.3) is 0 Å². The molecule has 0 N–H and O–H groups in total. The summed E-state index contributed by atoms with van der Waals surface area (Å²) in [7, 11) is -1.36. The summed E-state index contributed by atoms with van der Waals surface area (Å²) < 4.78 is 25.2. The van der Waals surface area contributed by atoms with Crippen LogP contribution in [-0.2, 0) is 16.9 Å². The van der Waals surface area contributed by atoms with Crippen LogP contribution in [-0.4, -0.2) is 36.8 Å². The van der Waals surface area contributed by atoms with Crippen molar-refractivity contribution in [2.45, 2.75) is 11.8 Å². The van der Waals surface area contributed by atoms with Gasteiger partial charge in [0.15, 0.2) is 9.84 Å². The van der Waals surface area contributed by atoms with Crippen molar-refractivity contribution in [3.05, 3.63) is 54.0 Å². The summed E-state index contributed by atoms with van der Waals surface area (Å²) in [5.74, 6) is 0. The number of anilines is 1. The van der Waals surface area contributed by atoms with Crippen molar-refractivity contribution in [2.75, 3.05) is 17.8 Å². The third-order valence-electron chi connectivity index (χ3n) is 3.66. The minimum Gasteiger partial charge on any atom is -0.325 e. The first-order valence-electron chi connectivity index (χ1n) is 7.13. The molecule has 6 nitrogen and oxygen atoms in total. The maximum Gasteiger partial charge on any atom is 0.175 e. The lowest BCUT2D eigenvalue weighted by molar-refractivity contribution is 0.602. The Bertz CT molecular complexity index is 910. The van der Waals surface area contributed by atoms with E-state index >= 15 is 0 Å². The van der Waals surface area contributed by atoms with Gasteiger partial charge in [-0.15, -0.1) is 0 Å². The van der Waals surface area contributed by atoms with Gasteiger partial charge in [0.1, 0.15) is 6.67 Å². The first-order valence-corrected chi connectivity index (χ1v) is 9.03. The number of sulfone groups is 1. The summed E-state index contributed by atoms with van der Waals surface area (Å²) in [6, 6.07) is 6.90. The molecule has 0 saturated heterocycles. The molecule has 0 unspecified atom stereocenters. The molecule has 0 saturated carbocycles. The second-order valence-electron chi connectivity index (χ2n) is 5.60. The monoisotopic (exact) mass is 330 g/mol. The Balaban J connectivity index is 1.91. The van der Waals surface area contributed by atoms with Gasteiger partial charge in [-0.25, -0.2) is 8.42 Å². The molecule has 0 bridgehead atoms. The van der Waals surface area contributed by atoms with Gasteiger partial charge in [0.2, 0.25) is 0 Å². The minimum atomic E-state index is -3.23. The van der Waals surface area contributed by atoms with Gasteiger partial charge in [-0.05, 0) is 24.6 Å². The van der Waals surface area contributed by atoms with Gasteiger partial charge in [0, 0.05) is 31.3 Å². The van der Waals surface area contributed by atoms with Crippen LogP contribution >= 0.6 is 0 Å². The Labute approximate surface area is 135 Å². The highest BCUT2D eigenvalue weighted by Crippen LogP contribution is 2.22. The number of aryl methyl sites for hydroxylation is 1. The Kier molecular flexibility index (Phi) is 3.81. The van der Waals surface area contributed by atoms with Crippen LogP contribution < -0.4 is 4.90 Å². The average molecular weight is 330 g/mol. The quantitative estimate of drug-likeness (QED) is 0.863. The molecule has 2 heterocycles. The molecular formula is C16H18N4O2S. The first kappa shape index (κ1) is 15.5. The fourth-order valence-corrected chi connectivity index (χ4v) is 3.18. The number of aromatic nitrogens is 2. The van der Waals surface area contributed by atoms with Crippen molar-refractivity contribution in [1.29, 1.82) is 0 Å². The normalized spacial score (nSPS) is 15.3. The van der Waals surface area contributed by atoms with E-state index in [9.17, 15) is 8.42 Å². The van der Waals surface area contributed by atoms with Gasteiger partial charge in [-0.3, -0.25) is 9.67 Å². The highest BCUT2D eigenvalue weighted by atomic mass is 32.2. The van der Waals surface area contributed by atoms with Gasteiger partial charge < -0.3 is 4.90 Å². The predicted molar refractivity (Wildman–Crippen MR) is 90.4 cm³/mol. The third-order valence-corrected chi connectivity index (χ3v) is 4.77. The lowest BCUT2D eigenvalue weighted by atomic mass is 10.0. The lowest BCUT2D eigenvalue weighted by Gasteiger charge is -2.23. The van der Waals surface area contributed by atoms with Crippen LogP contribution in [0.25, 0.3) is 0 Å². The van der Waals surface area contributed by atoms with E-state index in [2.05, 4.69) is 10.1 Å². The van der Waals surface area contributed by atoms with Crippen LogP contribution in [0.3, 0.4) is 0 Å². The largest absolute Gasteiger partial charge is 0.325 e. The summed E-state index contributed by atoms with van der Waals surface area (Å²) in [5.41, 5.74) is 3.58. The zero-order chi connectivity index (χ0) is 16.6. The molecule has 1 aromatic heterocycles. The predicted octanol–water partition coefficient (Wildman–Crippen LogP) is 1.99. The highest BCUT2D eigenvalue weighted by Gasteiger charge is 2.17. The first-order chi connectivity index (χ1) is 10.8. The Morgan fingerprint density at radius 1 is 1.26 bits per heavy atom. The van der Waals surface area contributed by atoms with E-state index < -0.39 is 9.84 Å². The summed E-state index contributed by atoms with van der Waals surface area (Å²) in [6.45, 7) is 2.44. The van der Waals surface area contributed by atoms with E-state index in [4.69, 9.17) is 0 Å². The number of nitrogens with zero attached hydrogens (tertiary/aromatic N) is 4. The second-order valence-corrected chi connectivity index (χ2v) is 7.62. The third kappa shape index (κ3) is 3.19. The van der Waals surface area contributed by atoms with Crippen molar-refractivity contribution in [1.82, 2.24) is 9.78 Å². The van der Waals surface area contributed by atoms with Crippen LogP contribution in [0.4, 0.5) is 5.69 Å². The van der Waals surface area contributed by atoms with E-state index in [1.54, 1.807) is 29.1 Å². The van der Waals surface area contributed by atoms with Crippen LogP contribution in [0.2, 0.25) is 0 Å². The Morgan fingerprint density at radius 3 is 2.65 bits per heavy atom. The fraction of sp³-hybridized carbons (Fsp3) is 0.250. The SMILES string of the molecule is CC1=CN(c2cnn(C)c2)CN=C1c1cccc(S(C)(=O)=O)c1. The average Bonchev–Trinajstić information content (AvgIpc) is 2.93. The number of hydrogen-bond acceptors (Lipinski definition) is 5. The molecule has 0 aliphatic carbocycles. The Hall–Kier alpha value is -2.41. The standard InChI is InChI=1S/C16H18N4O2S/c1-12-9-20(14-8-18-19(2)10-14)11-17-16(12)13-5-4-6-15(7-13)23(3,21)22/h4-10H,11H2,1-3H3. The smallest absolute Gasteiger partial charge is 0.175 e. The van der Waals surface area contributed by atoms with Crippen LogP contribution in [0.15, 0.2) is 58.3 Å². The van der Waals surface area contributed by atoms with Crippen molar-refractivity contribution in [2.24, 2.45) is 12.0 Å². The molecule has 0 fully saturated rings. The molecule has 0 atom stereocenters. The molecule has 0 radical (unpaired) electrons. The van der Waals surface area contributed by atoms with Crippen LogP contribution in [0.1, 0.15) is 12.5 Å². The lowest BCUT2D eigenvalue weighted by Crippen LogP contribution is -2.24. The van der Waals surface area contributed by atoms with E-state index in [0.29, 0.717) is 11.6 Å². The molecule has 0 spiro atoms. The zero-order valence-electron chi connectivity index (χ0n) is 13.3. The maximum absolute atomic E-state index is 11.7. The highest BCUT2D eigenvalue weighted by molar-refractivity contribution is 7.90.